The summed E-state index contributed by atoms with van der Waals surface area (Å²) in [4.78, 5) is 10.2. The third-order valence-electron chi connectivity index (χ3n) is 2.49. The van der Waals surface area contributed by atoms with Crippen molar-refractivity contribution >= 4 is 23.4 Å². The Balaban J connectivity index is 2.27. The molecule has 0 amide bonds. The SMILES string of the molecule is CC1CNCCN1c1cc(Cl)nc(N)n1. The van der Waals surface area contributed by atoms with Gasteiger partial charge in [-0.3, -0.25) is 0 Å². The van der Waals surface area contributed by atoms with Gasteiger partial charge in [0, 0.05) is 31.7 Å². The summed E-state index contributed by atoms with van der Waals surface area (Å²) < 4.78 is 0. The lowest BCUT2D eigenvalue weighted by atomic mass is 10.2. The monoisotopic (exact) mass is 227 g/mol. The molecule has 2 heterocycles. The molecule has 1 saturated heterocycles. The summed E-state index contributed by atoms with van der Waals surface area (Å²) in [5, 5.41) is 3.71. The van der Waals surface area contributed by atoms with Crippen LogP contribution in [0.3, 0.4) is 0 Å². The van der Waals surface area contributed by atoms with Crippen molar-refractivity contribution in [3.05, 3.63) is 11.2 Å². The third-order valence-corrected chi connectivity index (χ3v) is 2.69. The van der Waals surface area contributed by atoms with Gasteiger partial charge in [-0.15, -0.1) is 0 Å². The molecule has 1 atom stereocenters. The van der Waals surface area contributed by atoms with E-state index < -0.39 is 0 Å². The number of nitrogens with two attached hydrogens (primary N) is 1. The van der Waals surface area contributed by atoms with Crippen molar-refractivity contribution in [1.82, 2.24) is 15.3 Å². The Labute approximate surface area is 93.6 Å². The predicted octanol–water partition coefficient (Wildman–Crippen LogP) is 0.510. The zero-order chi connectivity index (χ0) is 10.8. The van der Waals surface area contributed by atoms with Crippen LogP contribution < -0.4 is 16.0 Å². The molecule has 3 N–H and O–H groups in total. The molecular formula is C9H14ClN5. The van der Waals surface area contributed by atoms with Gasteiger partial charge in [-0.2, -0.15) is 4.98 Å². The molecule has 1 aromatic rings. The lowest BCUT2D eigenvalue weighted by molar-refractivity contribution is 0.497. The molecule has 0 aliphatic carbocycles. The number of halogens is 1. The molecule has 6 heteroatoms. The molecule has 1 unspecified atom stereocenters. The number of nitrogen functional groups attached to an aromatic ring is 1. The van der Waals surface area contributed by atoms with E-state index in [0.717, 1.165) is 25.5 Å². The van der Waals surface area contributed by atoms with E-state index in [-0.39, 0.29) is 5.95 Å². The minimum absolute atomic E-state index is 0.225. The molecule has 1 aromatic heterocycles. The van der Waals surface area contributed by atoms with Crippen LogP contribution in [-0.4, -0.2) is 35.6 Å². The smallest absolute Gasteiger partial charge is 0.223 e. The molecule has 0 saturated carbocycles. The summed E-state index contributed by atoms with van der Waals surface area (Å²) in [6, 6.07) is 2.14. The van der Waals surface area contributed by atoms with E-state index in [0.29, 0.717) is 11.2 Å². The number of hydrogen-bond acceptors (Lipinski definition) is 5. The fourth-order valence-corrected chi connectivity index (χ4v) is 1.94. The van der Waals surface area contributed by atoms with Crippen molar-refractivity contribution < 1.29 is 0 Å². The quantitative estimate of drug-likeness (QED) is 0.685. The number of nitrogens with one attached hydrogen (secondary N) is 1. The highest BCUT2D eigenvalue weighted by Gasteiger charge is 2.19. The first-order valence-corrected chi connectivity index (χ1v) is 5.32. The molecular weight excluding hydrogens is 214 g/mol. The van der Waals surface area contributed by atoms with Crippen LogP contribution in [0.5, 0.6) is 0 Å². The lowest BCUT2D eigenvalue weighted by Gasteiger charge is -2.34. The summed E-state index contributed by atoms with van der Waals surface area (Å²) >= 11 is 5.84. The van der Waals surface area contributed by atoms with Crippen molar-refractivity contribution in [1.29, 1.82) is 0 Å². The molecule has 82 valence electrons. The Hall–Kier alpha value is -1.07. The average molecular weight is 228 g/mol. The lowest BCUT2D eigenvalue weighted by Crippen LogP contribution is -2.50. The van der Waals surface area contributed by atoms with E-state index >= 15 is 0 Å². The van der Waals surface area contributed by atoms with E-state index in [4.69, 9.17) is 17.3 Å². The van der Waals surface area contributed by atoms with Crippen LogP contribution in [0.4, 0.5) is 11.8 Å². The second-order valence-corrected chi connectivity index (χ2v) is 4.04. The van der Waals surface area contributed by atoms with Gasteiger partial charge in [-0.25, -0.2) is 4.98 Å². The van der Waals surface area contributed by atoms with Gasteiger partial charge in [0.1, 0.15) is 11.0 Å². The van der Waals surface area contributed by atoms with Crippen LogP contribution in [0, 0.1) is 0 Å². The number of nitrogens with zero attached hydrogens (tertiary/aromatic N) is 3. The molecule has 1 aliphatic rings. The zero-order valence-corrected chi connectivity index (χ0v) is 9.33. The van der Waals surface area contributed by atoms with Gasteiger partial charge < -0.3 is 16.0 Å². The first-order chi connectivity index (χ1) is 7.16. The van der Waals surface area contributed by atoms with Crippen molar-refractivity contribution in [2.24, 2.45) is 0 Å². The maximum Gasteiger partial charge on any atom is 0.223 e. The van der Waals surface area contributed by atoms with Crippen molar-refractivity contribution in [2.45, 2.75) is 13.0 Å². The number of rotatable bonds is 1. The van der Waals surface area contributed by atoms with Crippen molar-refractivity contribution in [3.8, 4) is 0 Å². The topological polar surface area (TPSA) is 67.1 Å². The first kappa shape index (κ1) is 10.4. The molecule has 0 bridgehead atoms. The summed E-state index contributed by atoms with van der Waals surface area (Å²) in [7, 11) is 0. The van der Waals surface area contributed by atoms with E-state index in [1.165, 1.54) is 0 Å². The molecule has 1 aliphatic heterocycles. The van der Waals surface area contributed by atoms with Crippen LogP contribution in [0.2, 0.25) is 5.15 Å². The number of hydrogen-bond donors (Lipinski definition) is 2. The fourth-order valence-electron chi connectivity index (χ4n) is 1.75. The zero-order valence-electron chi connectivity index (χ0n) is 8.57. The third kappa shape index (κ3) is 2.30. The maximum atomic E-state index is 5.84. The summed E-state index contributed by atoms with van der Waals surface area (Å²) in [5.74, 6) is 1.03. The minimum atomic E-state index is 0.225. The van der Waals surface area contributed by atoms with Crippen molar-refractivity contribution in [2.75, 3.05) is 30.3 Å². The van der Waals surface area contributed by atoms with Gasteiger partial charge >= 0.3 is 0 Å². The standard InChI is InChI=1S/C9H14ClN5/c1-6-5-12-2-3-15(6)8-4-7(10)13-9(11)14-8/h4,6,12H,2-3,5H2,1H3,(H2,11,13,14). The largest absolute Gasteiger partial charge is 0.368 e. The van der Waals surface area contributed by atoms with Gasteiger partial charge in [0.05, 0.1) is 0 Å². The number of aromatic nitrogens is 2. The Kier molecular flexibility index (Phi) is 2.93. The Morgan fingerprint density at radius 3 is 3.07 bits per heavy atom. The summed E-state index contributed by atoms with van der Waals surface area (Å²) in [6.07, 6.45) is 0. The highest BCUT2D eigenvalue weighted by molar-refractivity contribution is 6.29. The van der Waals surface area contributed by atoms with E-state index in [2.05, 4.69) is 27.1 Å². The molecule has 0 spiro atoms. The van der Waals surface area contributed by atoms with Crippen LogP contribution >= 0.6 is 11.6 Å². The van der Waals surface area contributed by atoms with E-state index in [1.807, 2.05) is 0 Å². The number of anilines is 2. The van der Waals surface area contributed by atoms with Crippen molar-refractivity contribution in [3.63, 3.8) is 0 Å². The molecule has 0 aromatic carbocycles. The fraction of sp³-hybridized carbons (Fsp3) is 0.556. The van der Waals surface area contributed by atoms with E-state index in [1.54, 1.807) is 6.07 Å². The molecule has 0 radical (unpaired) electrons. The predicted molar refractivity (Wildman–Crippen MR) is 61.1 cm³/mol. The van der Waals surface area contributed by atoms with Crippen LogP contribution in [0.1, 0.15) is 6.92 Å². The Morgan fingerprint density at radius 1 is 1.60 bits per heavy atom. The molecule has 5 nitrogen and oxygen atoms in total. The summed E-state index contributed by atoms with van der Waals surface area (Å²) in [6.45, 7) is 4.94. The maximum absolute atomic E-state index is 5.84. The second-order valence-electron chi connectivity index (χ2n) is 3.65. The highest BCUT2D eigenvalue weighted by atomic mass is 35.5. The molecule has 15 heavy (non-hydrogen) atoms. The summed E-state index contributed by atoms with van der Waals surface area (Å²) in [5.41, 5.74) is 5.56. The Morgan fingerprint density at radius 2 is 2.40 bits per heavy atom. The molecule has 1 fully saturated rings. The second kappa shape index (κ2) is 4.20. The first-order valence-electron chi connectivity index (χ1n) is 4.94. The normalized spacial score (nSPS) is 21.7. The van der Waals surface area contributed by atoms with Gasteiger partial charge in [-0.1, -0.05) is 11.6 Å². The van der Waals surface area contributed by atoms with Gasteiger partial charge in [-0.05, 0) is 6.92 Å². The van der Waals surface area contributed by atoms with Crippen LogP contribution in [0.25, 0.3) is 0 Å². The van der Waals surface area contributed by atoms with Gasteiger partial charge in [0.15, 0.2) is 0 Å². The van der Waals surface area contributed by atoms with Crippen LogP contribution in [-0.2, 0) is 0 Å². The Bertz CT molecular complexity index is 336. The number of piperazine rings is 1. The average Bonchev–Trinajstić information content (AvgIpc) is 2.16. The minimum Gasteiger partial charge on any atom is -0.368 e. The van der Waals surface area contributed by atoms with Gasteiger partial charge in [0.25, 0.3) is 0 Å². The van der Waals surface area contributed by atoms with Gasteiger partial charge in [0.2, 0.25) is 5.95 Å². The molecule has 2 rings (SSSR count). The van der Waals surface area contributed by atoms with E-state index in [9.17, 15) is 0 Å². The highest BCUT2D eigenvalue weighted by Crippen LogP contribution is 2.19. The van der Waals surface area contributed by atoms with Crippen LogP contribution in [0.15, 0.2) is 6.07 Å².